The lowest BCUT2D eigenvalue weighted by Gasteiger charge is -2.36. The van der Waals surface area contributed by atoms with Crippen LogP contribution >= 0.6 is 0 Å². The molecule has 0 heterocycles. The van der Waals surface area contributed by atoms with Crippen molar-refractivity contribution >= 4 is 5.91 Å². The van der Waals surface area contributed by atoms with Crippen LogP contribution in [0.2, 0.25) is 0 Å². The minimum absolute atomic E-state index is 0.0847. The third-order valence-electron chi connectivity index (χ3n) is 7.38. The Kier molecular flexibility index (Phi) is 9.99. The molecule has 1 unspecified atom stereocenters. The lowest BCUT2D eigenvalue weighted by atomic mass is 9.70. The number of aryl methyl sites for hydroxylation is 1. The molecule has 2 aromatic rings. The number of ether oxygens (including phenoxy) is 2. The molecule has 200 valence electrons. The Morgan fingerprint density at radius 3 is 2.14 bits per heavy atom. The van der Waals surface area contributed by atoms with Crippen molar-refractivity contribution < 1.29 is 14.3 Å². The Morgan fingerprint density at radius 1 is 0.919 bits per heavy atom. The zero-order chi connectivity index (χ0) is 26.9. The third kappa shape index (κ3) is 8.22. The molecule has 1 aliphatic rings. The second kappa shape index (κ2) is 13.0. The van der Waals surface area contributed by atoms with Crippen molar-refractivity contribution in [2.45, 2.75) is 77.7 Å². The van der Waals surface area contributed by atoms with Gasteiger partial charge in [0.15, 0.2) is 0 Å². The first kappa shape index (κ1) is 28.5. The van der Waals surface area contributed by atoms with Crippen molar-refractivity contribution in [2.24, 2.45) is 0 Å². The highest BCUT2D eigenvalue weighted by molar-refractivity contribution is 5.76. The zero-order valence-electron chi connectivity index (χ0n) is 23.4. The Balaban J connectivity index is 1.82. The van der Waals surface area contributed by atoms with E-state index in [2.05, 4.69) is 69.5 Å². The van der Waals surface area contributed by atoms with E-state index in [1.165, 1.54) is 16.7 Å². The second-order valence-electron chi connectivity index (χ2n) is 10.8. The maximum absolute atomic E-state index is 12.6. The molecule has 1 aliphatic carbocycles. The van der Waals surface area contributed by atoms with Gasteiger partial charge >= 0.3 is 0 Å². The molecule has 0 aromatic heterocycles. The third-order valence-corrected chi connectivity index (χ3v) is 7.38. The molecule has 1 amide bonds. The fourth-order valence-electron chi connectivity index (χ4n) is 4.49. The minimum Gasteiger partial charge on any atom is -0.492 e. The van der Waals surface area contributed by atoms with Crippen molar-refractivity contribution in [3.05, 3.63) is 83.1 Å². The number of likely N-dealkylation sites (N-methyl/N-ethyl adjacent to an activating group) is 1. The van der Waals surface area contributed by atoms with Gasteiger partial charge in [0.25, 0.3) is 0 Å². The SMILES string of the molecule is CCC(C)(C)OC1=CC=C(C(C)(CCC(=O)NCCNC)c2ccc(Oc3ccc(C)cc3)cc2)CC1. The molecule has 0 saturated carbocycles. The molecule has 1 atom stereocenters. The number of benzene rings is 2. The van der Waals surface area contributed by atoms with Crippen molar-refractivity contribution in [3.63, 3.8) is 0 Å². The monoisotopic (exact) mass is 504 g/mol. The van der Waals surface area contributed by atoms with E-state index in [9.17, 15) is 4.79 Å². The largest absolute Gasteiger partial charge is 0.492 e. The molecule has 0 saturated heterocycles. The Bertz CT molecular complexity index is 1080. The standard InChI is InChI=1S/C32H44N2O3/c1-7-31(3,4)37-29-18-12-26(13-19-29)32(5,21-20-30(35)34-23-22-33-6)25-10-16-28(17-11-25)36-27-14-8-24(2)9-15-27/h8-12,14-18,33H,7,13,19-23H2,1-6H3,(H,34,35). The number of hydrogen-bond donors (Lipinski definition) is 2. The number of amides is 1. The Hall–Kier alpha value is -3.05. The van der Waals surface area contributed by atoms with Crippen molar-refractivity contribution in [1.82, 2.24) is 10.6 Å². The van der Waals surface area contributed by atoms with E-state index in [1.54, 1.807) is 0 Å². The summed E-state index contributed by atoms with van der Waals surface area (Å²) in [6.45, 7) is 12.1. The maximum Gasteiger partial charge on any atom is 0.220 e. The Morgan fingerprint density at radius 2 is 1.57 bits per heavy atom. The number of nitrogens with one attached hydrogen (secondary N) is 2. The summed E-state index contributed by atoms with van der Waals surface area (Å²) in [5, 5.41) is 6.09. The molecule has 2 aromatic carbocycles. The van der Waals surface area contributed by atoms with Gasteiger partial charge in [0, 0.05) is 31.3 Å². The van der Waals surface area contributed by atoms with Crippen LogP contribution in [0.1, 0.15) is 70.9 Å². The predicted molar refractivity (Wildman–Crippen MR) is 152 cm³/mol. The van der Waals surface area contributed by atoms with Crippen LogP contribution in [0.4, 0.5) is 0 Å². The molecule has 3 rings (SSSR count). The fourth-order valence-corrected chi connectivity index (χ4v) is 4.49. The van der Waals surface area contributed by atoms with Gasteiger partial charge in [-0.2, -0.15) is 0 Å². The van der Waals surface area contributed by atoms with Gasteiger partial charge < -0.3 is 20.1 Å². The van der Waals surface area contributed by atoms with E-state index >= 15 is 0 Å². The van der Waals surface area contributed by atoms with Gasteiger partial charge in [-0.1, -0.05) is 55.3 Å². The molecular formula is C32H44N2O3. The van der Waals surface area contributed by atoms with Crippen LogP contribution in [0.25, 0.3) is 0 Å². The van der Waals surface area contributed by atoms with E-state index in [-0.39, 0.29) is 16.9 Å². The molecule has 0 radical (unpaired) electrons. The Labute approximate surface area is 223 Å². The van der Waals surface area contributed by atoms with Crippen LogP contribution in [-0.4, -0.2) is 31.6 Å². The summed E-state index contributed by atoms with van der Waals surface area (Å²) in [5.74, 6) is 2.74. The summed E-state index contributed by atoms with van der Waals surface area (Å²) in [4.78, 5) is 12.6. The maximum atomic E-state index is 12.6. The highest BCUT2D eigenvalue weighted by Crippen LogP contribution is 2.42. The van der Waals surface area contributed by atoms with Crippen molar-refractivity contribution in [1.29, 1.82) is 0 Å². The van der Waals surface area contributed by atoms with Crippen LogP contribution in [-0.2, 0) is 14.9 Å². The molecular weight excluding hydrogens is 460 g/mol. The van der Waals surface area contributed by atoms with E-state index in [1.807, 2.05) is 43.4 Å². The van der Waals surface area contributed by atoms with Gasteiger partial charge in [-0.05, 0) is 83.0 Å². The average molecular weight is 505 g/mol. The van der Waals surface area contributed by atoms with Gasteiger partial charge in [0.2, 0.25) is 5.91 Å². The molecule has 5 heteroatoms. The van der Waals surface area contributed by atoms with Gasteiger partial charge in [0.1, 0.15) is 17.1 Å². The quantitative estimate of drug-likeness (QED) is 0.289. The number of carbonyl (C=O) groups is 1. The summed E-state index contributed by atoms with van der Waals surface area (Å²) >= 11 is 0. The van der Waals surface area contributed by atoms with Crippen molar-refractivity contribution in [2.75, 3.05) is 20.1 Å². The average Bonchev–Trinajstić information content (AvgIpc) is 2.89. The smallest absolute Gasteiger partial charge is 0.220 e. The molecule has 2 N–H and O–H groups in total. The number of hydrogen-bond acceptors (Lipinski definition) is 4. The molecule has 0 spiro atoms. The zero-order valence-corrected chi connectivity index (χ0v) is 23.4. The number of rotatable bonds is 13. The fraction of sp³-hybridized carbons (Fsp3) is 0.469. The molecule has 0 aliphatic heterocycles. The summed E-state index contributed by atoms with van der Waals surface area (Å²) in [5.41, 5.74) is 3.27. The molecule has 37 heavy (non-hydrogen) atoms. The van der Waals surface area contributed by atoms with Gasteiger partial charge in [-0.25, -0.2) is 0 Å². The topological polar surface area (TPSA) is 59.6 Å². The van der Waals surface area contributed by atoms with Crippen LogP contribution in [0.5, 0.6) is 11.5 Å². The van der Waals surface area contributed by atoms with Crippen molar-refractivity contribution in [3.8, 4) is 11.5 Å². The lowest BCUT2D eigenvalue weighted by molar-refractivity contribution is -0.121. The first-order chi connectivity index (χ1) is 17.6. The first-order valence-electron chi connectivity index (χ1n) is 13.5. The molecule has 0 bridgehead atoms. The normalized spacial score (nSPS) is 15.3. The van der Waals surface area contributed by atoms with E-state index in [0.29, 0.717) is 13.0 Å². The van der Waals surface area contributed by atoms with E-state index in [0.717, 1.165) is 49.5 Å². The highest BCUT2D eigenvalue weighted by atomic mass is 16.5. The summed E-state index contributed by atoms with van der Waals surface area (Å²) in [7, 11) is 1.89. The number of allylic oxidation sites excluding steroid dienone is 4. The highest BCUT2D eigenvalue weighted by Gasteiger charge is 2.33. The first-order valence-corrected chi connectivity index (χ1v) is 13.5. The minimum atomic E-state index is -0.273. The second-order valence-corrected chi connectivity index (χ2v) is 10.8. The lowest BCUT2D eigenvalue weighted by Crippen LogP contribution is -2.33. The van der Waals surface area contributed by atoms with Gasteiger partial charge in [-0.15, -0.1) is 0 Å². The number of carbonyl (C=O) groups excluding carboxylic acids is 1. The van der Waals surface area contributed by atoms with Crippen LogP contribution in [0, 0.1) is 6.92 Å². The summed E-state index contributed by atoms with van der Waals surface area (Å²) in [6, 6.07) is 16.4. The van der Waals surface area contributed by atoms with Crippen LogP contribution < -0.4 is 15.4 Å². The van der Waals surface area contributed by atoms with E-state index < -0.39 is 0 Å². The van der Waals surface area contributed by atoms with Crippen LogP contribution in [0.15, 0.2) is 72.0 Å². The molecule has 0 fully saturated rings. The summed E-state index contributed by atoms with van der Waals surface area (Å²) < 4.78 is 12.3. The van der Waals surface area contributed by atoms with E-state index in [4.69, 9.17) is 9.47 Å². The summed E-state index contributed by atoms with van der Waals surface area (Å²) in [6.07, 6.45) is 8.26. The van der Waals surface area contributed by atoms with Gasteiger partial charge in [-0.3, -0.25) is 4.79 Å². The van der Waals surface area contributed by atoms with Gasteiger partial charge in [0.05, 0.1) is 5.76 Å². The predicted octanol–water partition coefficient (Wildman–Crippen LogP) is 6.97. The van der Waals surface area contributed by atoms with Crippen LogP contribution in [0.3, 0.4) is 0 Å². The molecule has 5 nitrogen and oxygen atoms in total.